The van der Waals surface area contributed by atoms with E-state index in [0.717, 1.165) is 12.5 Å². The maximum atomic E-state index is 6.01. The summed E-state index contributed by atoms with van der Waals surface area (Å²) in [4.78, 5) is 5.01. The lowest BCUT2D eigenvalue weighted by Crippen LogP contribution is -2.41. The molecule has 3 unspecified atom stereocenters. The first-order valence-corrected chi connectivity index (χ1v) is 8.20. The van der Waals surface area contributed by atoms with Crippen molar-refractivity contribution < 1.29 is 0 Å². The van der Waals surface area contributed by atoms with Crippen molar-refractivity contribution in [3.05, 3.63) is 0 Å². The van der Waals surface area contributed by atoms with Gasteiger partial charge >= 0.3 is 0 Å². The van der Waals surface area contributed by atoms with Crippen LogP contribution in [0.25, 0.3) is 0 Å². The van der Waals surface area contributed by atoms with Crippen molar-refractivity contribution in [1.82, 2.24) is 9.80 Å². The summed E-state index contributed by atoms with van der Waals surface area (Å²) < 4.78 is 0. The predicted molar refractivity (Wildman–Crippen MR) is 84.4 cm³/mol. The zero-order chi connectivity index (χ0) is 14.3. The molecule has 0 saturated carbocycles. The first kappa shape index (κ1) is 16.9. The largest absolute Gasteiger partial charge is 0.329 e. The highest BCUT2D eigenvalue weighted by Crippen LogP contribution is 2.23. The van der Waals surface area contributed by atoms with Crippen molar-refractivity contribution in [3.63, 3.8) is 0 Å². The molecule has 0 aromatic rings. The Morgan fingerprint density at radius 2 is 1.84 bits per heavy atom. The molecule has 1 aliphatic rings. The lowest BCUT2D eigenvalue weighted by Gasteiger charge is -2.27. The molecule has 0 aromatic carbocycles. The molecule has 1 aliphatic heterocycles. The highest BCUT2D eigenvalue weighted by molar-refractivity contribution is 4.90. The number of rotatable bonds is 9. The molecule has 1 fully saturated rings. The van der Waals surface area contributed by atoms with Gasteiger partial charge in [-0.1, -0.05) is 46.0 Å². The van der Waals surface area contributed by atoms with Gasteiger partial charge in [0.05, 0.1) is 0 Å². The van der Waals surface area contributed by atoms with Crippen molar-refractivity contribution >= 4 is 0 Å². The summed E-state index contributed by atoms with van der Waals surface area (Å²) in [6, 6.07) is 1.31. The fraction of sp³-hybridized carbons (Fsp3) is 1.00. The average Bonchev–Trinajstić information content (AvgIpc) is 2.76. The molecular formula is C16H35N3. The van der Waals surface area contributed by atoms with Crippen LogP contribution in [0.4, 0.5) is 0 Å². The summed E-state index contributed by atoms with van der Waals surface area (Å²) >= 11 is 0. The normalized spacial score (nSPS) is 26.2. The summed E-state index contributed by atoms with van der Waals surface area (Å²) in [5.41, 5.74) is 6.01. The minimum Gasteiger partial charge on any atom is -0.329 e. The van der Waals surface area contributed by atoms with E-state index >= 15 is 0 Å². The van der Waals surface area contributed by atoms with E-state index in [0.29, 0.717) is 12.1 Å². The number of nitrogens with two attached hydrogens (primary N) is 1. The van der Waals surface area contributed by atoms with Gasteiger partial charge in [-0.15, -0.1) is 0 Å². The van der Waals surface area contributed by atoms with Crippen LogP contribution in [-0.4, -0.2) is 55.6 Å². The van der Waals surface area contributed by atoms with Crippen LogP contribution in [-0.2, 0) is 0 Å². The second-order valence-electron chi connectivity index (χ2n) is 6.55. The summed E-state index contributed by atoms with van der Waals surface area (Å²) in [5.74, 6) is 0.768. The molecule has 0 aliphatic carbocycles. The Bertz CT molecular complexity index is 230. The average molecular weight is 269 g/mol. The third kappa shape index (κ3) is 5.41. The van der Waals surface area contributed by atoms with Gasteiger partial charge in [-0.25, -0.2) is 0 Å². The van der Waals surface area contributed by atoms with E-state index in [1.54, 1.807) is 0 Å². The van der Waals surface area contributed by atoms with Crippen molar-refractivity contribution in [2.24, 2.45) is 11.7 Å². The fourth-order valence-corrected chi connectivity index (χ4v) is 3.39. The second-order valence-corrected chi connectivity index (χ2v) is 6.55. The van der Waals surface area contributed by atoms with Gasteiger partial charge in [-0.05, 0) is 26.4 Å². The Morgan fingerprint density at radius 3 is 2.37 bits per heavy atom. The van der Waals surface area contributed by atoms with Crippen LogP contribution >= 0.6 is 0 Å². The Kier molecular flexibility index (Phi) is 7.96. The summed E-state index contributed by atoms with van der Waals surface area (Å²) in [7, 11) is 4.40. The van der Waals surface area contributed by atoms with Gasteiger partial charge in [-0.2, -0.15) is 0 Å². The van der Waals surface area contributed by atoms with Gasteiger partial charge in [0.1, 0.15) is 0 Å². The van der Waals surface area contributed by atoms with E-state index in [4.69, 9.17) is 5.73 Å². The first-order valence-electron chi connectivity index (χ1n) is 8.20. The van der Waals surface area contributed by atoms with Gasteiger partial charge in [-0.3, -0.25) is 4.90 Å². The smallest absolute Gasteiger partial charge is 0.0254 e. The lowest BCUT2D eigenvalue weighted by molar-refractivity contribution is 0.207. The second kappa shape index (κ2) is 8.93. The molecule has 1 saturated heterocycles. The highest BCUT2D eigenvalue weighted by Gasteiger charge is 2.33. The molecule has 0 aromatic heterocycles. The van der Waals surface area contributed by atoms with Crippen LogP contribution in [0.15, 0.2) is 0 Å². The fourth-order valence-electron chi connectivity index (χ4n) is 3.39. The maximum absolute atomic E-state index is 6.01. The molecule has 3 atom stereocenters. The maximum Gasteiger partial charge on any atom is 0.0254 e. The third-order valence-corrected chi connectivity index (χ3v) is 4.69. The molecule has 1 heterocycles. The van der Waals surface area contributed by atoms with E-state index in [9.17, 15) is 0 Å². The summed E-state index contributed by atoms with van der Waals surface area (Å²) in [6.07, 6.45) is 8.12. The topological polar surface area (TPSA) is 32.5 Å². The van der Waals surface area contributed by atoms with E-state index in [1.807, 2.05) is 0 Å². The minimum absolute atomic E-state index is 0.606. The van der Waals surface area contributed by atoms with Crippen LogP contribution in [0.2, 0.25) is 0 Å². The third-order valence-electron chi connectivity index (χ3n) is 4.69. The quantitative estimate of drug-likeness (QED) is 0.653. The molecule has 0 spiro atoms. The van der Waals surface area contributed by atoms with Gasteiger partial charge < -0.3 is 10.6 Å². The van der Waals surface area contributed by atoms with Gasteiger partial charge in [0.2, 0.25) is 0 Å². The van der Waals surface area contributed by atoms with E-state index in [2.05, 4.69) is 37.7 Å². The number of likely N-dealkylation sites (N-methyl/N-ethyl adjacent to an activating group) is 1. The molecule has 2 N–H and O–H groups in total. The monoisotopic (exact) mass is 269 g/mol. The van der Waals surface area contributed by atoms with Gasteiger partial charge in [0, 0.05) is 31.7 Å². The molecule has 0 bridgehead atoms. The van der Waals surface area contributed by atoms with Gasteiger partial charge in [0.25, 0.3) is 0 Å². The molecule has 19 heavy (non-hydrogen) atoms. The number of nitrogens with zero attached hydrogens (tertiary/aromatic N) is 2. The Morgan fingerprint density at radius 1 is 1.16 bits per heavy atom. The zero-order valence-electron chi connectivity index (χ0n) is 13.6. The Balaban J connectivity index is 2.31. The molecule has 3 nitrogen and oxygen atoms in total. The van der Waals surface area contributed by atoms with E-state index in [1.165, 1.54) is 51.6 Å². The van der Waals surface area contributed by atoms with Crippen molar-refractivity contribution in [3.8, 4) is 0 Å². The number of hydrogen-bond donors (Lipinski definition) is 1. The van der Waals surface area contributed by atoms with Crippen LogP contribution in [0.3, 0.4) is 0 Å². The first-order chi connectivity index (χ1) is 9.10. The summed E-state index contributed by atoms with van der Waals surface area (Å²) in [5, 5.41) is 0. The van der Waals surface area contributed by atoms with E-state index in [-0.39, 0.29) is 0 Å². The van der Waals surface area contributed by atoms with Crippen LogP contribution in [0.5, 0.6) is 0 Å². The Hall–Kier alpha value is -0.120. The van der Waals surface area contributed by atoms with Crippen LogP contribution < -0.4 is 5.73 Å². The van der Waals surface area contributed by atoms with E-state index < -0.39 is 0 Å². The predicted octanol–water partition coefficient (Wildman–Crippen LogP) is 2.56. The lowest BCUT2D eigenvalue weighted by atomic mass is 10.1. The summed E-state index contributed by atoms with van der Waals surface area (Å²) in [6.45, 7) is 7.89. The minimum atomic E-state index is 0.606. The number of likely N-dealkylation sites (tertiary alicyclic amines) is 1. The molecule has 0 amide bonds. The van der Waals surface area contributed by atoms with Gasteiger partial charge in [0.15, 0.2) is 0 Å². The Labute approximate surface area is 120 Å². The van der Waals surface area contributed by atoms with Crippen molar-refractivity contribution in [1.29, 1.82) is 0 Å². The zero-order valence-corrected chi connectivity index (χ0v) is 13.6. The molecule has 3 heteroatoms. The number of hydrogen-bond acceptors (Lipinski definition) is 3. The van der Waals surface area contributed by atoms with Crippen molar-refractivity contribution in [2.75, 3.05) is 33.7 Å². The molecule has 1 rings (SSSR count). The number of unbranched alkanes of at least 4 members (excludes halogenated alkanes) is 4. The van der Waals surface area contributed by atoms with Crippen LogP contribution in [0.1, 0.15) is 52.4 Å². The molecule has 0 radical (unpaired) electrons. The molecule has 114 valence electrons. The van der Waals surface area contributed by atoms with Crippen molar-refractivity contribution in [2.45, 2.75) is 64.5 Å². The molecular weight excluding hydrogens is 234 g/mol. The standard InChI is InChI=1S/C16H35N3/c1-5-6-7-8-9-10-15(11-17)19-12-14(2)16(13-19)18(3)4/h14-16H,5-13,17H2,1-4H3. The highest BCUT2D eigenvalue weighted by atomic mass is 15.3. The SMILES string of the molecule is CCCCCCCC(CN)N1CC(C)C(N(C)C)C1. The van der Waals surface area contributed by atoms with Crippen LogP contribution in [0, 0.1) is 5.92 Å².